The van der Waals surface area contributed by atoms with Crippen molar-refractivity contribution in [2.75, 3.05) is 6.54 Å². The molecule has 1 amide bonds. The highest BCUT2D eigenvalue weighted by molar-refractivity contribution is 6.56. The molecule has 68 valence electrons. The SMILES string of the molecule is O=C1CN=C2C=CC(Cl)(Cl)N=C2N1. The molecule has 0 bridgehead atoms. The highest BCUT2D eigenvalue weighted by Gasteiger charge is 2.28. The zero-order chi connectivity index (χ0) is 9.47. The van der Waals surface area contributed by atoms with Crippen molar-refractivity contribution in [1.29, 1.82) is 0 Å². The van der Waals surface area contributed by atoms with Crippen LogP contribution in [0, 0.1) is 0 Å². The molecule has 0 aromatic heterocycles. The minimum Gasteiger partial charge on any atom is -0.307 e. The van der Waals surface area contributed by atoms with Gasteiger partial charge in [-0.15, -0.1) is 0 Å². The second-order valence-corrected chi connectivity index (χ2v) is 3.98. The van der Waals surface area contributed by atoms with Gasteiger partial charge in [0.05, 0.1) is 0 Å². The maximum Gasteiger partial charge on any atom is 0.247 e. The van der Waals surface area contributed by atoms with Crippen molar-refractivity contribution in [1.82, 2.24) is 5.32 Å². The lowest BCUT2D eigenvalue weighted by Crippen LogP contribution is -2.44. The number of hydrogen-bond acceptors (Lipinski definition) is 3. The Kier molecular flexibility index (Phi) is 1.89. The Morgan fingerprint density at radius 3 is 3.08 bits per heavy atom. The molecule has 0 atom stereocenters. The van der Waals surface area contributed by atoms with E-state index in [4.69, 9.17) is 23.2 Å². The fourth-order valence-corrected chi connectivity index (χ4v) is 1.34. The monoisotopic (exact) mass is 217 g/mol. The number of aliphatic imine (C=N–C) groups is 2. The second-order valence-electron chi connectivity index (χ2n) is 2.63. The van der Waals surface area contributed by atoms with E-state index in [0.29, 0.717) is 11.5 Å². The van der Waals surface area contributed by atoms with Gasteiger partial charge in [0.1, 0.15) is 12.3 Å². The van der Waals surface area contributed by atoms with E-state index in [-0.39, 0.29) is 12.5 Å². The molecule has 13 heavy (non-hydrogen) atoms. The third-order valence-corrected chi connectivity index (χ3v) is 2.02. The summed E-state index contributed by atoms with van der Waals surface area (Å²) < 4.78 is -1.29. The second kappa shape index (κ2) is 2.82. The predicted molar refractivity (Wildman–Crippen MR) is 51.5 cm³/mol. The number of fused-ring (bicyclic) bond motifs is 1. The summed E-state index contributed by atoms with van der Waals surface area (Å²) in [5, 5.41) is 2.53. The van der Waals surface area contributed by atoms with E-state index < -0.39 is 4.46 Å². The van der Waals surface area contributed by atoms with Crippen LogP contribution in [0.5, 0.6) is 0 Å². The van der Waals surface area contributed by atoms with Crippen molar-refractivity contribution in [2.45, 2.75) is 4.46 Å². The van der Waals surface area contributed by atoms with Gasteiger partial charge >= 0.3 is 0 Å². The highest BCUT2D eigenvalue weighted by Crippen LogP contribution is 2.27. The predicted octanol–water partition coefficient (Wildman–Crippen LogP) is 0.657. The minimum atomic E-state index is -1.29. The van der Waals surface area contributed by atoms with Crippen LogP contribution in [-0.2, 0) is 4.79 Å². The summed E-state index contributed by atoms with van der Waals surface area (Å²) in [6, 6.07) is 0. The Balaban J connectivity index is 2.39. The number of nitrogens with zero attached hydrogens (tertiary/aromatic N) is 2. The fraction of sp³-hybridized carbons (Fsp3) is 0.286. The van der Waals surface area contributed by atoms with Gasteiger partial charge in [-0.1, -0.05) is 23.2 Å². The Hall–Kier alpha value is -0.870. The van der Waals surface area contributed by atoms with Gasteiger partial charge in [-0.3, -0.25) is 9.79 Å². The molecular formula is C7H5Cl2N3O. The quantitative estimate of drug-likeness (QED) is 0.471. The maximum absolute atomic E-state index is 10.9. The molecule has 0 radical (unpaired) electrons. The summed E-state index contributed by atoms with van der Waals surface area (Å²) in [5.41, 5.74) is 0.608. The first kappa shape index (κ1) is 8.72. The van der Waals surface area contributed by atoms with Gasteiger partial charge in [0, 0.05) is 0 Å². The fourth-order valence-electron chi connectivity index (χ4n) is 1.05. The number of amides is 1. The number of hydrogen-bond donors (Lipinski definition) is 1. The third kappa shape index (κ3) is 1.73. The van der Waals surface area contributed by atoms with Crippen LogP contribution in [0.25, 0.3) is 0 Å². The van der Waals surface area contributed by atoms with Gasteiger partial charge in [0.25, 0.3) is 0 Å². The zero-order valence-corrected chi connectivity index (χ0v) is 7.93. The Morgan fingerprint density at radius 1 is 1.54 bits per heavy atom. The first-order valence-corrected chi connectivity index (χ1v) is 4.34. The third-order valence-electron chi connectivity index (χ3n) is 1.60. The van der Waals surface area contributed by atoms with Gasteiger partial charge in [-0.2, -0.15) is 0 Å². The Morgan fingerprint density at radius 2 is 2.31 bits per heavy atom. The van der Waals surface area contributed by atoms with Crippen molar-refractivity contribution in [3.63, 3.8) is 0 Å². The van der Waals surface area contributed by atoms with Crippen LogP contribution in [-0.4, -0.2) is 28.5 Å². The molecule has 0 saturated heterocycles. The van der Waals surface area contributed by atoms with Crippen LogP contribution in [0.3, 0.4) is 0 Å². The van der Waals surface area contributed by atoms with E-state index in [0.717, 1.165) is 0 Å². The number of rotatable bonds is 0. The average molecular weight is 218 g/mol. The number of halogens is 2. The minimum absolute atomic E-state index is 0.121. The molecule has 0 unspecified atom stereocenters. The highest BCUT2D eigenvalue weighted by atomic mass is 35.5. The topological polar surface area (TPSA) is 53.8 Å². The summed E-state index contributed by atoms with van der Waals surface area (Å²) in [6.07, 6.45) is 3.15. The average Bonchev–Trinajstić information content (AvgIpc) is 2.01. The van der Waals surface area contributed by atoms with Crippen LogP contribution >= 0.6 is 23.2 Å². The summed E-state index contributed by atoms with van der Waals surface area (Å²) in [6.45, 7) is 0.121. The van der Waals surface area contributed by atoms with Crippen LogP contribution in [0.15, 0.2) is 22.1 Å². The van der Waals surface area contributed by atoms with Crippen LogP contribution in [0.1, 0.15) is 0 Å². The van der Waals surface area contributed by atoms with Crippen molar-refractivity contribution in [3.05, 3.63) is 12.2 Å². The Labute approximate surface area is 84.3 Å². The molecule has 0 spiro atoms. The molecule has 0 aromatic carbocycles. The lowest BCUT2D eigenvalue weighted by molar-refractivity contribution is -0.118. The molecule has 6 heteroatoms. The van der Waals surface area contributed by atoms with E-state index in [1.54, 1.807) is 6.08 Å². The lowest BCUT2D eigenvalue weighted by atomic mass is 10.2. The number of amidine groups is 1. The van der Waals surface area contributed by atoms with E-state index in [1.807, 2.05) is 0 Å². The normalized spacial score (nSPS) is 24.3. The first-order chi connectivity index (χ1) is 6.07. The van der Waals surface area contributed by atoms with Crippen molar-refractivity contribution in [3.8, 4) is 0 Å². The molecule has 2 aliphatic rings. The number of alkyl halides is 2. The Bertz CT molecular complexity index is 357. The molecule has 0 saturated carbocycles. The van der Waals surface area contributed by atoms with E-state index in [1.165, 1.54) is 6.08 Å². The van der Waals surface area contributed by atoms with Crippen LogP contribution in [0.2, 0.25) is 0 Å². The van der Waals surface area contributed by atoms with Crippen LogP contribution in [0.4, 0.5) is 0 Å². The standard InChI is InChI=1S/C7H5Cl2N3O/c8-7(9)2-1-4-6(12-7)11-5(13)3-10-4/h1-2H,3H2,(H,11,12,13). The van der Waals surface area contributed by atoms with E-state index in [2.05, 4.69) is 15.3 Å². The van der Waals surface area contributed by atoms with Gasteiger partial charge in [-0.25, -0.2) is 4.99 Å². The number of dihydropyridines is 1. The smallest absolute Gasteiger partial charge is 0.247 e. The van der Waals surface area contributed by atoms with Gasteiger partial charge in [0.15, 0.2) is 5.84 Å². The molecular weight excluding hydrogens is 213 g/mol. The summed E-state index contributed by atoms with van der Waals surface area (Å²) in [5.74, 6) is 0.130. The molecule has 0 aromatic rings. The molecule has 2 heterocycles. The molecule has 1 N–H and O–H groups in total. The van der Waals surface area contributed by atoms with Gasteiger partial charge in [-0.05, 0) is 12.2 Å². The first-order valence-electron chi connectivity index (χ1n) is 3.58. The molecule has 2 aliphatic heterocycles. The summed E-state index contributed by atoms with van der Waals surface area (Å²) in [7, 11) is 0. The summed E-state index contributed by atoms with van der Waals surface area (Å²) >= 11 is 11.4. The maximum atomic E-state index is 10.9. The lowest BCUT2D eigenvalue weighted by Gasteiger charge is -2.21. The van der Waals surface area contributed by atoms with E-state index in [9.17, 15) is 4.79 Å². The largest absolute Gasteiger partial charge is 0.307 e. The van der Waals surface area contributed by atoms with Crippen molar-refractivity contribution >= 4 is 40.7 Å². The number of nitrogens with one attached hydrogen (secondary N) is 1. The van der Waals surface area contributed by atoms with Gasteiger partial charge < -0.3 is 5.32 Å². The molecule has 2 rings (SSSR count). The van der Waals surface area contributed by atoms with Crippen LogP contribution < -0.4 is 5.32 Å². The summed E-state index contributed by atoms with van der Waals surface area (Å²) in [4.78, 5) is 18.8. The molecule has 0 fully saturated rings. The molecule has 0 aliphatic carbocycles. The van der Waals surface area contributed by atoms with E-state index >= 15 is 0 Å². The van der Waals surface area contributed by atoms with Crippen molar-refractivity contribution < 1.29 is 4.79 Å². The molecule has 4 nitrogen and oxygen atoms in total. The van der Waals surface area contributed by atoms with Gasteiger partial charge in [0.2, 0.25) is 10.4 Å². The number of carbonyl (C=O) groups excluding carboxylic acids is 1. The zero-order valence-electron chi connectivity index (χ0n) is 6.42. The van der Waals surface area contributed by atoms with Crippen molar-refractivity contribution in [2.24, 2.45) is 9.98 Å². The number of carbonyl (C=O) groups is 1.